The van der Waals surface area contributed by atoms with Gasteiger partial charge < -0.3 is 10.6 Å². The second-order valence-electron chi connectivity index (χ2n) is 5.56. The molecule has 26 heavy (non-hydrogen) atoms. The van der Waals surface area contributed by atoms with E-state index in [1.807, 2.05) is 30.3 Å². The van der Waals surface area contributed by atoms with Gasteiger partial charge in [0, 0.05) is 28.5 Å². The molecule has 0 radical (unpaired) electrons. The van der Waals surface area contributed by atoms with Crippen LogP contribution in [0.5, 0.6) is 0 Å². The molecule has 0 unspecified atom stereocenters. The molecule has 0 aromatic heterocycles. The fraction of sp³-hybridized carbons (Fsp3) is 0.150. The zero-order valence-corrected chi connectivity index (χ0v) is 15.8. The summed E-state index contributed by atoms with van der Waals surface area (Å²) in [5.74, 6) is -0.618. The van der Waals surface area contributed by atoms with Crippen LogP contribution in [-0.4, -0.2) is 18.2 Å². The third kappa shape index (κ3) is 5.57. The summed E-state index contributed by atoms with van der Waals surface area (Å²) in [6.45, 7) is 2.04. The zero-order valence-electron chi connectivity index (χ0n) is 14.3. The standard InChI is InChI=1S/C20H18BrN3O2/c1-14(25)16-6-4-7-18(11-16)24-20(26)17(12-22)13-23-10-9-15-5-2-3-8-19(15)21/h2-8,11,13,23H,9-10H2,1H3,(H,24,26)/b17-13-. The molecule has 0 aliphatic heterocycles. The van der Waals surface area contributed by atoms with E-state index in [1.165, 1.54) is 13.1 Å². The van der Waals surface area contributed by atoms with Crippen molar-refractivity contribution in [3.05, 3.63) is 75.9 Å². The maximum atomic E-state index is 12.2. The first-order valence-electron chi connectivity index (χ1n) is 8.00. The van der Waals surface area contributed by atoms with Crippen molar-refractivity contribution < 1.29 is 9.59 Å². The molecule has 2 aromatic rings. The van der Waals surface area contributed by atoms with Crippen molar-refractivity contribution in [2.24, 2.45) is 0 Å². The van der Waals surface area contributed by atoms with Crippen molar-refractivity contribution >= 4 is 33.3 Å². The number of hydrogen-bond donors (Lipinski definition) is 2. The van der Waals surface area contributed by atoms with Gasteiger partial charge in [0.05, 0.1) is 0 Å². The van der Waals surface area contributed by atoms with Gasteiger partial charge in [0.25, 0.3) is 5.91 Å². The minimum Gasteiger partial charge on any atom is -0.389 e. The van der Waals surface area contributed by atoms with Gasteiger partial charge >= 0.3 is 0 Å². The summed E-state index contributed by atoms with van der Waals surface area (Å²) >= 11 is 3.48. The van der Waals surface area contributed by atoms with Crippen LogP contribution in [0.1, 0.15) is 22.8 Å². The average Bonchev–Trinajstić information content (AvgIpc) is 2.63. The number of amides is 1. The van der Waals surface area contributed by atoms with Crippen LogP contribution >= 0.6 is 15.9 Å². The molecule has 0 spiro atoms. The Morgan fingerprint density at radius 1 is 1.19 bits per heavy atom. The van der Waals surface area contributed by atoms with Crippen LogP contribution in [0.25, 0.3) is 0 Å². The van der Waals surface area contributed by atoms with Gasteiger partial charge in [-0.05, 0) is 37.1 Å². The molecule has 0 aliphatic carbocycles. The van der Waals surface area contributed by atoms with E-state index in [4.69, 9.17) is 0 Å². The zero-order chi connectivity index (χ0) is 18.9. The smallest absolute Gasteiger partial charge is 0.267 e. The molecule has 1 amide bonds. The first-order chi connectivity index (χ1) is 12.5. The first kappa shape index (κ1) is 19.4. The molecule has 6 heteroatoms. The summed E-state index contributed by atoms with van der Waals surface area (Å²) in [6.07, 6.45) is 2.15. The highest BCUT2D eigenvalue weighted by Crippen LogP contribution is 2.16. The van der Waals surface area contributed by atoms with E-state index in [0.29, 0.717) is 17.8 Å². The van der Waals surface area contributed by atoms with Gasteiger partial charge in [-0.2, -0.15) is 5.26 Å². The van der Waals surface area contributed by atoms with Crippen molar-refractivity contribution in [2.45, 2.75) is 13.3 Å². The molecule has 2 rings (SSSR count). The van der Waals surface area contributed by atoms with E-state index in [2.05, 4.69) is 26.6 Å². The molecule has 0 bridgehead atoms. The third-order valence-corrected chi connectivity index (χ3v) is 4.41. The van der Waals surface area contributed by atoms with Crippen LogP contribution in [0.3, 0.4) is 0 Å². The molecule has 2 N–H and O–H groups in total. The molecule has 2 aromatic carbocycles. The van der Waals surface area contributed by atoms with E-state index in [0.717, 1.165) is 16.5 Å². The van der Waals surface area contributed by atoms with Crippen molar-refractivity contribution in [1.29, 1.82) is 5.26 Å². The molecule has 5 nitrogen and oxygen atoms in total. The lowest BCUT2D eigenvalue weighted by Crippen LogP contribution is -2.18. The van der Waals surface area contributed by atoms with Gasteiger partial charge in [0.2, 0.25) is 0 Å². The van der Waals surface area contributed by atoms with E-state index < -0.39 is 5.91 Å². The van der Waals surface area contributed by atoms with Gasteiger partial charge in [-0.15, -0.1) is 0 Å². The van der Waals surface area contributed by atoms with Crippen LogP contribution in [0.15, 0.2) is 64.8 Å². The Hall–Kier alpha value is -2.91. The fourth-order valence-electron chi connectivity index (χ4n) is 2.25. The number of nitrogens with zero attached hydrogens (tertiary/aromatic N) is 1. The predicted octanol–water partition coefficient (Wildman–Crippen LogP) is 3.83. The van der Waals surface area contributed by atoms with Gasteiger partial charge in [0.15, 0.2) is 5.78 Å². The summed E-state index contributed by atoms with van der Waals surface area (Å²) in [4.78, 5) is 23.6. The Labute approximate surface area is 160 Å². The largest absolute Gasteiger partial charge is 0.389 e. The number of ketones is 1. The minimum atomic E-state index is -0.526. The molecule has 0 saturated heterocycles. The second-order valence-corrected chi connectivity index (χ2v) is 6.41. The lowest BCUT2D eigenvalue weighted by Gasteiger charge is -2.07. The van der Waals surface area contributed by atoms with Crippen molar-refractivity contribution in [2.75, 3.05) is 11.9 Å². The Balaban J connectivity index is 1.94. The molecule has 132 valence electrons. The van der Waals surface area contributed by atoms with Gasteiger partial charge in [-0.25, -0.2) is 0 Å². The normalized spacial score (nSPS) is 10.7. The molecule has 0 saturated carbocycles. The molecule has 0 aliphatic rings. The number of rotatable bonds is 7. The quantitative estimate of drug-likeness (QED) is 0.314. The number of nitrogens with one attached hydrogen (secondary N) is 2. The summed E-state index contributed by atoms with van der Waals surface area (Å²) in [6, 6.07) is 16.4. The molecule has 0 heterocycles. The summed E-state index contributed by atoms with van der Waals surface area (Å²) in [5, 5.41) is 14.8. The van der Waals surface area contributed by atoms with E-state index >= 15 is 0 Å². The number of Topliss-reactive ketones (excluding diaryl/α,β-unsaturated/α-hetero) is 1. The molecular weight excluding hydrogens is 394 g/mol. The van der Waals surface area contributed by atoms with Crippen molar-refractivity contribution in [1.82, 2.24) is 5.32 Å². The highest BCUT2D eigenvalue weighted by molar-refractivity contribution is 9.10. The van der Waals surface area contributed by atoms with Crippen LogP contribution in [0.4, 0.5) is 5.69 Å². The summed E-state index contributed by atoms with van der Waals surface area (Å²) in [5.41, 5.74) is 2.07. The SMILES string of the molecule is CC(=O)c1cccc(NC(=O)/C(C#N)=C\NCCc2ccccc2Br)c1. The first-order valence-corrected chi connectivity index (χ1v) is 8.80. The Bertz CT molecular complexity index is 885. The minimum absolute atomic E-state index is 0.0367. The Morgan fingerprint density at radius 2 is 1.96 bits per heavy atom. The highest BCUT2D eigenvalue weighted by atomic mass is 79.9. The maximum absolute atomic E-state index is 12.2. The fourth-order valence-corrected chi connectivity index (χ4v) is 2.73. The van der Waals surface area contributed by atoms with Crippen LogP contribution < -0.4 is 10.6 Å². The number of halogens is 1. The molecule has 0 atom stereocenters. The Kier molecular flexibility index (Phi) is 7.12. The predicted molar refractivity (Wildman–Crippen MR) is 105 cm³/mol. The number of carbonyl (C=O) groups excluding carboxylic acids is 2. The van der Waals surface area contributed by atoms with E-state index in [9.17, 15) is 14.9 Å². The summed E-state index contributed by atoms with van der Waals surface area (Å²) < 4.78 is 1.02. The average molecular weight is 412 g/mol. The number of anilines is 1. The third-order valence-electron chi connectivity index (χ3n) is 3.63. The number of nitriles is 1. The van der Waals surface area contributed by atoms with Gasteiger partial charge in [0.1, 0.15) is 11.6 Å². The van der Waals surface area contributed by atoms with Gasteiger partial charge in [-0.1, -0.05) is 46.3 Å². The second kappa shape index (κ2) is 9.54. The Morgan fingerprint density at radius 3 is 2.65 bits per heavy atom. The summed E-state index contributed by atoms with van der Waals surface area (Å²) in [7, 11) is 0. The van der Waals surface area contributed by atoms with Gasteiger partial charge in [-0.3, -0.25) is 9.59 Å². The topological polar surface area (TPSA) is 82.0 Å². The monoisotopic (exact) mass is 411 g/mol. The molecular formula is C20H18BrN3O2. The highest BCUT2D eigenvalue weighted by Gasteiger charge is 2.10. The maximum Gasteiger partial charge on any atom is 0.267 e. The van der Waals surface area contributed by atoms with Crippen molar-refractivity contribution in [3.63, 3.8) is 0 Å². The van der Waals surface area contributed by atoms with E-state index in [-0.39, 0.29) is 11.4 Å². The number of carbonyl (C=O) groups is 2. The van der Waals surface area contributed by atoms with Crippen LogP contribution in [0.2, 0.25) is 0 Å². The number of benzene rings is 2. The number of hydrogen-bond acceptors (Lipinski definition) is 4. The van der Waals surface area contributed by atoms with E-state index in [1.54, 1.807) is 24.3 Å². The lowest BCUT2D eigenvalue weighted by atomic mass is 10.1. The lowest BCUT2D eigenvalue weighted by molar-refractivity contribution is -0.112. The molecule has 0 fully saturated rings. The van der Waals surface area contributed by atoms with Crippen LogP contribution in [-0.2, 0) is 11.2 Å². The van der Waals surface area contributed by atoms with Crippen molar-refractivity contribution in [3.8, 4) is 6.07 Å². The van der Waals surface area contributed by atoms with Crippen LogP contribution in [0, 0.1) is 11.3 Å².